The normalized spacial score (nSPS) is 32.8. The maximum absolute atomic E-state index is 9.01. The van der Waals surface area contributed by atoms with E-state index in [0.29, 0.717) is 6.04 Å². The lowest BCUT2D eigenvalue weighted by Crippen LogP contribution is -2.39. The third kappa shape index (κ3) is 2.96. The second-order valence-electron chi connectivity index (χ2n) is 5.43. The van der Waals surface area contributed by atoms with E-state index in [9.17, 15) is 0 Å². The topological polar surface area (TPSA) is 39.1 Å². The van der Waals surface area contributed by atoms with Gasteiger partial charge in [0.25, 0.3) is 0 Å². The van der Waals surface area contributed by atoms with Gasteiger partial charge in [0.2, 0.25) is 0 Å². The molecule has 1 aliphatic heterocycles. The molecular formula is C13H23N3. The highest BCUT2D eigenvalue weighted by molar-refractivity contribution is 4.96. The molecule has 0 amide bonds. The summed E-state index contributed by atoms with van der Waals surface area (Å²) in [6.45, 7) is 3.59. The third-order valence-electron chi connectivity index (χ3n) is 4.19. The van der Waals surface area contributed by atoms with Crippen molar-refractivity contribution in [2.24, 2.45) is 11.8 Å². The Bertz CT molecular complexity index is 250. The van der Waals surface area contributed by atoms with Crippen molar-refractivity contribution in [2.75, 3.05) is 26.7 Å². The van der Waals surface area contributed by atoms with Gasteiger partial charge in [-0.2, -0.15) is 5.26 Å². The average Bonchev–Trinajstić information content (AvgIpc) is 2.76. The van der Waals surface area contributed by atoms with Crippen LogP contribution in [0.1, 0.15) is 32.1 Å². The van der Waals surface area contributed by atoms with Gasteiger partial charge in [-0.1, -0.05) is 6.42 Å². The third-order valence-corrected chi connectivity index (χ3v) is 4.19. The van der Waals surface area contributed by atoms with Gasteiger partial charge >= 0.3 is 0 Å². The highest BCUT2D eigenvalue weighted by Crippen LogP contribution is 2.25. The monoisotopic (exact) mass is 221 g/mol. The van der Waals surface area contributed by atoms with Crippen LogP contribution in [0.5, 0.6) is 0 Å². The summed E-state index contributed by atoms with van der Waals surface area (Å²) in [7, 11) is 2.20. The lowest BCUT2D eigenvalue weighted by molar-refractivity contribution is 0.211. The molecule has 1 saturated carbocycles. The zero-order valence-corrected chi connectivity index (χ0v) is 10.3. The number of nitrogens with zero attached hydrogens (tertiary/aromatic N) is 2. The Labute approximate surface area is 98.8 Å². The van der Waals surface area contributed by atoms with Crippen LogP contribution in [0.4, 0.5) is 0 Å². The Balaban J connectivity index is 1.69. The van der Waals surface area contributed by atoms with Crippen molar-refractivity contribution >= 4 is 0 Å². The number of hydrogen-bond acceptors (Lipinski definition) is 3. The van der Waals surface area contributed by atoms with E-state index in [2.05, 4.69) is 23.3 Å². The van der Waals surface area contributed by atoms with E-state index < -0.39 is 0 Å². The standard InChI is InChI=1S/C13H23N3/c1-16-7-5-11(6-8-16)10-15-13-4-2-3-12(13)9-14/h11-13,15H,2-8,10H2,1H3. The highest BCUT2D eigenvalue weighted by Gasteiger charge is 2.27. The van der Waals surface area contributed by atoms with Crippen LogP contribution in [-0.4, -0.2) is 37.6 Å². The van der Waals surface area contributed by atoms with Crippen molar-refractivity contribution in [3.63, 3.8) is 0 Å². The largest absolute Gasteiger partial charge is 0.312 e. The maximum atomic E-state index is 9.01. The molecule has 0 aromatic carbocycles. The van der Waals surface area contributed by atoms with Crippen molar-refractivity contribution in [3.8, 4) is 6.07 Å². The van der Waals surface area contributed by atoms with Gasteiger partial charge < -0.3 is 10.2 Å². The molecule has 0 radical (unpaired) electrons. The summed E-state index contributed by atoms with van der Waals surface area (Å²) in [5.41, 5.74) is 0. The minimum absolute atomic E-state index is 0.270. The van der Waals surface area contributed by atoms with Crippen LogP contribution in [0, 0.1) is 23.2 Å². The van der Waals surface area contributed by atoms with E-state index in [0.717, 1.165) is 18.9 Å². The first-order valence-electron chi connectivity index (χ1n) is 6.61. The molecule has 16 heavy (non-hydrogen) atoms. The Morgan fingerprint density at radius 2 is 2.00 bits per heavy atom. The highest BCUT2D eigenvalue weighted by atomic mass is 15.1. The van der Waals surface area contributed by atoms with E-state index in [1.54, 1.807) is 0 Å². The van der Waals surface area contributed by atoms with Gasteiger partial charge in [-0.15, -0.1) is 0 Å². The SMILES string of the molecule is CN1CCC(CNC2CCCC2C#N)CC1. The number of hydrogen-bond donors (Lipinski definition) is 1. The molecule has 0 aromatic heterocycles. The molecule has 2 rings (SSSR count). The fourth-order valence-corrected chi connectivity index (χ4v) is 2.94. The van der Waals surface area contributed by atoms with Crippen LogP contribution in [0.3, 0.4) is 0 Å². The Morgan fingerprint density at radius 3 is 2.69 bits per heavy atom. The predicted molar refractivity (Wildman–Crippen MR) is 65.0 cm³/mol. The molecule has 0 spiro atoms. The Kier molecular flexibility index (Phi) is 4.20. The van der Waals surface area contributed by atoms with E-state index in [1.165, 1.54) is 38.8 Å². The molecule has 0 aromatic rings. The summed E-state index contributed by atoms with van der Waals surface area (Å²) in [6.07, 6.45) is 6.15. The van der Waals surface area contributed by atoms with Gasteiger partial charge in [0.1, 0.15) is 0 Å². The van der Waals surface area contributed by atoms with Crippen molar-refractivity contribution in [3.05, 3.63) is 0 Å². The molecule has 1 aliphatic carbocycles. The molecule has 1 saturated heterocycles. The fraction of sp³-hybridized carbons (Fsp3) is 0.923. The van der Waals surface area contributed by atoms with Crippen LogP contribution in [0.2, 0.25) is 0 Å². The molecular weight excluding hydrogens is 198 g/mol. The maximum Gasteiger partial charge on any atom is 0.0672 e. The summed E-state index contributed by atoms with van der Waals surface area (Å²) in [6, 6.07) is 2.91. The number of rotatable bonds is 3. The summed E-state index contributed by atoms with van der Waals surface area (Å²) in [5.74, 6) is 1.10. The number of nitrogens with one attached hydrogen (secondary N) is 1. The van der Waals surface area contributed by atoms with Crippen molar-refractivity contribution < 1.29 is 0 Å². The number of likely N-dealkylation sites (tertiary alicyclic amines) is 1. The summed E-state index contributed by atoms with van der Waals surface area (Å²) in [4.78, 5) is 2.41. The van der Waals surface area contributed by atoms with Crippen LogP contribution < -0.4 is 5.32 Å². The lowest BCUT2D eigenvalue weighted by Gasteiger charge is -2.30. The van der Waals surface area contributed by atoms with Crippen LogP contribution in [0.15, 0.2) is 0 Å². The molecule has 0 bridgehead atoms. The molecule has 3 nitrogen and oxygen atoms in total. The van der Waals surface area contributed by atoms with Gasteiger partial charge in [-0.3, -0.25) is 0 Å². The quantitative estimate of drug-likeness (QED) is 0.787. The average molecular weight is 221 g/mol. The Hall–Kier alpha value is -0.590. The van der Waals surface area contributed by atoms with Crippen molar-refractivity contribution in [2.45, 2.75) is 38.1 Å². The fourth-order valence-electron chi connectivity index (χ4n) is 2.94. The van der Waals surface area contributed by atoms with Gasteiger partial charge in [-0.05, 0) is 58.3 Å². The predicted octanol–water partition coefficient (Wildman–Crippen LogP) is 1.61. The number of nitriles is 1. The van der Waals surface area contributed by atoms with Crippen LogP contribution in [0.25, 0.3) is 0 Å². The molecule has 2 aliphatic rings. The smallest absolute Gasteiger partial charge is 0.0672 e. The Morgan fingerprint density at radius 1 is 1.25 bits per heavy atom. The van der Waals surface area contributed by atoms with E-state index in [1.807, 2.05) is 0 Å². The van der Waals surface area contributed by atoms with Gasteiger partial charge in [0, 0.05) is 6.04 Å². The molecule has 3 heteroatoms. The zero-order valence-electron chi connectivity index (χ0n) is 10.3. The molecule has 1 heterocycles. The summed E-state index contributed by atoms with van der Waals surface area (Å²) in [5, 5.41) is 12.6. The minimum Gasteiger partial charge on any atom is -0.312 e. The van der Waals surface area contributed by atoms with Crippen LogP contribution >= 0.6 is 0 Å². The lowest BCUT2D eigenvalue weighted by atomic mass is 9.96. The molecule has 2 unspecified atom stereocenters. The minimum atomic E-state index is 0.270. The first-order valence-corrected chi connectivity index (χ1v) is 6.61. The van der Waals surface area contributed by atoms with Crippen molar-refractivity contribution in [1.29, 1.82) is 5.26 Å². The summed E-state index contributed by atoms with van der Waals surface area (Å²) >= 11 is 0. The second-order valence-corrected chi connectivity index (χ2v) is 5.43. The first kappa shape index (κ1) is 11.9. The van der Waals surface area contributed by atoms with Crippen molar-refractivity contribution in [1.82, 2.24) is 10.2 Å². The molecule has 2 fully saturated rings. The van der Waals surface area contributed by atoms with Gasteiger partial charge in [0.15, 0.2) is 0 Å². The summed E-state index contributed by atoms with van der Waals surface area (Å²) < 4.78 is 0. The molecule has 2 atom stereocenters. The van der Waals surface area contributed by atoms with Gasteiger partial charge in [-0.25, -0.2) is 0 Å². The van der Waals surface area contributed by atoms with Gasteiger partial charge in [0.05, 0.1) is 12.0 Å². The molecule has 1 N–H and O–H groups in total. The van der Waals surface area contributed by atoms with E-state index in [-0.39, 0.29) is 5.92 Å². The first-order chi connectivity index (χ1) is 7.79. The van der Waals surface area contributed by atoms with E-state index in [4.69, 9.17) is 5.26 Å². The second kappa shape index (κ2) is 5.65. The number of piperidine rings is 1. The van der Waals surface area contributed by atoms with Crippen LogP contribution in [-0.2, 0) is 0 Å². The zero-order chi connectivity index (χ0) is 11.4. The molecule has 90 valence electrons. The van der Waals surface area contributed by atoms with E-state index >= 15 is 0 Å².